The van der Waals surface area contributed by atoms with Crippen LogP contribution in [0.2, 0.25) is 0 Å². The summed E-state index contributed by atoms with van der Waals surface area (Å²) in [6.07, 6.45) is 2.36. The van der Waals surface area contributed by atoms with E-state index < -0.39 is 5.79 Å². The van der Waals surface area contributed by atoms with Gasteiger partial charge in [0.1, 0.15) is 0 Å². The number of amides is 1. The lowest BCUT2D eigenvalue weighted by atomic mass is 10.00. The van der Waals surface area contributed by atoms with Crippen LogP contribution in [0.5, 0.6) is 23.0 Å². The quantitative estimate of drug-likeness (QED) is 0.702. The highest BCUT2D eigenvalue weighted by Crippen LogP contribution is 2.42. The number of para-hydroxylation sites is 1. The molecule has 1 saturated heterocycles. The molecule has 31 heavy (non-hydrogen) atoms. The van der Waals surface area contributed by atoms with Crippen molar-refractivity contribution in [1.29, 1.82) is 0 Å². The molecule has 1 fully saturated rings. The van der Waals surface area contributed by atoms with E-state index in [4.69, 9.17) is 23.7 Å². The number of benzene rings is 2. The standard InChI is InChI=1S/C24H29NO6/c1-27-19-9-7-17(15-21(19)29-3)8-10-22(26)25-13-11-24(12-14-25)30-16-18-5-4-6-20(28-2)23(18)31-24/h4-7,9,15H,8,10-14,16H2,1-3H3. The second kappa shape index (κ2) is 9.06. The Morgan fingerprint density at radius 1 is 1.00 bits per heavy atom. The van der Waals surface area contributed by atoms with Gasteiger partial charge in [-0.05, 0) is 30.2 Å². The highest BCUT2D eigenvalue weighted by molar-refractivity contribution is 5.76. The summed E-state index contributed by atoms with van der Waals surface area (Å²) in [5, 5.41) is 0. The van der Waals surface area contributed by atoms with Gasteiger partial charge in [-0.25, -0.2) is 0 Å². The third-order valence-electron chi connectivity index (χ3n) is 6.01. The summed E-state index contributed by atoms with van der Waals surface area (Å²) in [6, 6.07) is 11.6. The van der Waals surface area contributed by atoms with Gasteiger partial charge < -0.3 is 28.6 Å². The van der Waals surface area contributed by atoms with E-state index in [1.807, 2.05) is 41.3 Å². The monoisotopic (exact) mass is 427 g/mol. The van der Waals surface area contributed by atoms with Gasteiger partial charge in [0.05, 0.1) is 27.9 Å². The Hall–Kier alpha value is -2.93. The molecular weight excluding hydrogens is 398 g/mol. The first-order valence-corrected chi connectivity index (χ1v) is 10.5. The molecule has 7 nitrogen and oxygen atoms in total. The van der Waals surface area contributed by atoms with Crippen molar-refractivity contribution in [2.24, 2.45) is 0 Å². The van der Waals surface area contributed by atoms with E-state index in [0.717, 1.165) is 16.9 Å². The van der Waals surface area contributed by atoms with Gasteiger partial charge in [-0.2, -0.15) is 0 Å². The van der Waals surface area contributed by atoms with E-state index in [9.17, 15) is 4.79 Å². The van der Waals surface area contributed by atoms with Crippen LogP contribution in [0.25, 0.3) is 0 Å². The normalized spacial score (nSPS) is 16.9. The van der Waals surface area contributed by atoms with Crippen LogP contribution in [0.3, 0.4) is 0 Å². The maximum absolute atomic E-state index is 12.8. The number of carbonyl (C=O) groups is 1. The first kappa shape index (κ1) is 21.3. The fourth-order valence-corrected chi connectivity index (χ4v) is 4.17. The molecule has 0 aromatic heterocycles. The fraction of sp³-hybridized carbons (Fsp3) is 0.458. The summed E-state index contributed by atoms with van der Waals surface area (Å²) in [7, 11) is 4.86. The summed E-state index contributed by atoms with van der Waals surface area (Å²) in [5.41, 5.74) is 2.03. The molecule has 0 bridgehead atoms. The molecule has 166 valence electrons. The van der Waals surface area contributed by atoms with E-state index in [1.165, 1.54) is 0 Å². The molecule has 2 heterocycles. The Balaban J connectivity index is 1.33. The second-order valence-electron chi connectivity index (χ2n) is 7.82. The average Bonchev–Trinajstić information content (AvgIpc) is 2.82. The van der Waals surface area contributed by atoms with Crippen molar-refractivity contribution < 1.29 is 28.5 Å². The number of nitrogens with zero attached hydrogens (tertiary/aromatic N) is 1. The van der Waals surface area contributed by atoms with Gasteiger partial charge in [0.2, 0.25) is 11.7 Å². The summed E-state index contributed by atoms with van der Waals surface area (Å²) in [4.78, 5) is 14.7. The minimum atomic E-state index is -0.693. The third-order valence-corrected chi connectivity index (χ3v) is 6.01. The van der Waals surface area contributed by atoms with Gasteiger partial charge in [0, 0.05) is 37.9 Å². The number of methoxy groups -OCH3 is 3. The van der Waals surface area contributed by atoms with E-state index >= 15 is 0 Å². The number of piperidine rings is 1. The first-order valence-electron chi connectivity index (χ1n) is 10.5. The van der Waals surface area contributed by atoms with E-state index in [2.05, 4.69) is 0 Å². The first-order chi connectivity index (χ1) is 15.1. The molecule has 2 aliphatic heterocycles. The zero-order chi connectivity index (χ0) is 21.8. The molecule has 0 saturated carbocycles. The van der Waals surface area contributed by atoms with Gasteiger partial charge in [-0.15, -0.1) is 0 Å². The molecule has 0 radical (unpaired) electrons. The van der Waals surface area contributed by atoms with Crippen molar-refractivity contribution in [3.05, 3.63) is 47.5 Å². The van der Waals surface area contributed by atoms with Crippen LogP contribution in [-0.2, 0) is 22.6 Å². The number of carbonyl (C=O) groups excluding carboxylic acids is 1. The summed E-state index contributed by atoms with van der Waals surface area (Å²) < 4.78 is 28.4. The molecule has 7 heteroatoms. The number of fused-ring (bicyclic) bond motifs is 1. The number of aryl methyl sites for hydroxylation is 1. The molecule has 2 aromatic rings. The van der Waals surface area contributed by atoms with Crippen LogP contribution >= 0.6 is 0 Å². The lowest BCUT2D eigenvalue weighted by molar-refractivity contribution is -0.228. The van der Waals surface area contributed by atoms with Crippen LogP contribution in [0.4, 0.5) is 0 Å². The van der Waals surface area contributed by atoms with E-state index in [1.54, 1.807) is 21.3 Å². The second-order valence-corrected chi connectivity index (χ2v) is 7.82. The molecule has 0 atom stereocenters. The number of ether oxygens (including phenoxy) is 5. The summed E-state index contributed by atoms with van der Waals surface area (Å²) in [6.45, 7) is 1.70. The molecule has 1 spiro atoms. The summed E-state index contributed by atoms with van der Waals surface area (Å²) >= 11 is 0. The Bertz CT molecular complexity index is 921. The van der Waals surface area contributed by atoms with Crippen molar-refractivity contribution in [2.45, 2.75) is 38.1 Å². The topological polar surface area (TPSA) is 66.5 Å². The van der Waals surface area contributed by atoms with Crippen LogP contribution in [0.1, 0.15) is 30.4 Å². The predicted molar refractivity (Wildman–Crippen MR) is 115 cm³/mol. The van der Waals surface area contributed by atoms with Crippen LogP contribution in [-0.4, -0.2) is 51.0 Å². The van der Waals surface area contributed by atoms with Crippen molar-refractivity contribution in [3.8, 4) is 23.0 Å². The van der Waals surface area contributed by atoms with Crippen LogP contribution in [0.15, 0.2) is 36.4 Å². The van der Waals surface area contributed by atoms with E-state index in [0.29, 0.717) is 62.6 Å². The molecular formula is C24H29NO6. The minimum Gasteiger partial charge on any atom is -0.493 e. The van der Waals surface area contributed by atoms with Crippen molar-refractivity contribution in [1.82, 2.24) is 4.90 Å². The maximum atomic E-state index is 12.8. The van der Waals surface area contributed by atoms with Crippen molar-refractivity contribution in [2.75, 3.05) is 34.4 Å². The number of likely N-dealkylation sites (tertiary alicyclic amines) is 1. The van der Waals surface area contributed by atoms with Crippen LogP contribution in [0, 0.1) is 0 Å². The lowest BCUT2D eigenvalue weighted by Gasteiger charge is -2.44. The van der Waals surface area contributed by atoms with E-state index in [-0.39, 0.29) is 5.91 Å². The molecule has 4 rings (SSSR count). The van der Waals surface area contributed by atoms with Gasteiger partial charge in [-0.3, -0.25) is 4.79 Å². The lowest BCUT2D eigenvalue weighted by Crippen LogP contribution is -2.52. The Kier molecular flexibility index (Phi) is 6.23. The Morgan fingerprint density at radius 3 is 2.45 bits per heavy atom. The molecule has 1 amide bonds. The molecule has 2 aliphatic rings. The number of rotatable bonds is 6. The fourth-order valence-electron chi connectivity index (χ4n) is 4.17. The highest BCUT2D eigenvalue weighted by Gasteiger charge is 2.42. The largest absolute Gasteiger partial charge is 0.493 e. The Labute approximate surface area is 182 Å². The van der Waals surface area contributed by atoms with Crippen molar-refractivity contribution in [3.63, 3.8) is 0 Å². The number of hydrogen-bond donors (Lipinski definition) is 0. The van der Waals surface area contributed by atoms with Gasteiger partial charge in [0.25, 0.3) is 0 Å². The maximum Gasteiger partial charge on any atom is 0.222 e. The smallest absolute Gasteiger partial charge is 0.222 e. The predicted octanol–water partition coefficient (Wildman–Crippen LogP) is 3.57. The zero-order valence-corrected chi connectivity index (χ0v) is 18.3. The van der Waals surface area contributed by atoms with Gasteiger partial charge in [-0.1, -0.05) is 18.2 Å². The Morgan fingerprint density at radius 2 is 1.74 bits per heavy atom. The average molecular weight is 427 g/mol. The molecule has 0 aliphatic carbocycles. The zero-order valence-electron chi connectivity index (χ0n) is 18.3. The molecule has 0 N–H and O–H groups in total. The SMILES string of the molecule is COc1ccc(CCC(=O)N2CCC3(CC2)OCc2cccc(OC)c2O3)cc1OC. The highest BCUT2D eigenvalue weighted by atomic mass is 16.7. The minimum absolute atomic E-state index is 0.137. The third kappa shape index (κ3) is 4.42. The van der Waals surface area contributed by atoms with Gasteiger partial charge >= 0.3 is 0 Å². The van der Waals surface area contributed by atoms with Crippen LogP contribution < -0.4 is 18.9 Å². The number of hydrogen-bond acceptors (Lipinski definition) is 6. The summed E-state index contributed by atoms with van der Waals surface area (Å²) in [5.74, 6) is 2.28. The molecule has 0 unspecified atom stereocenters. The van der Waals surface area contributed by atoms with Gasteiger partial charge in [0.15, 0.2) is 23.0 Å². The molecule has 2 aromatic carbocycles. The van der Waals surface area contributed by atoms with Crippen molar-refractivity contribution >= 4 is 5.91 Å².